The number of nitrogens with zero attached hydrogens (tertiary/aromatic N) is 4. The van der Waals surface area contributed by atoms with Crippen molar-refractivity contribution in [3.8, 4) is 17.0 Å². The third kappa shape index (κ3) is 5.33. The molecule has 1 saturated heterocycles. The predicted molar refractivity (Wildman–Crippen MR) is 152 cm³/mol. The standard InChI is InChI=1S/C27H34IN4O2P/c1-27(12-13-27)34-22-7-8-24-23(18-22)26(30-32(24)35-28)19-9-14-29-25(17-19)31-15-10-21(11-16-31)33-20-5-3-2-4-6-20/h7-9,14,17-18,20-21,35H,2-6,10-13,15-16H2,1H3. The Morgan fingerprint density at radius 1 is 1.00 bits per heavy atom. The summed E-state index contributed by atoms with van der Waals surface area (Å²) >= 11 is 2.40. The Hall–Kier alpha value is -1.44. The second-order valence-electron chi connectivity index (χ2n) is 10.6. The zero-order valence-electron chi connectivity index (χ0n) is 20.4. The highest BCUT2D eigenvalue weighted by molar-refractivity contribution is 14.2. The average molecular weight is 604 g/mol. The summed E-state index contributed by atoms with van der Waals surface area (Å²) in [5.74, 6) is 1.97. The van der Waals surface area contributed by atoms with Crippen LogP contribution in [-0.4, -0.2) is 45.4 Å². The zero-order valence-corrected chi connectivity index (χ0v) is 23.5. The second-order valence-corrected chi connectivity index (χ2v) is 12.6. The molecule has 6 nitrogen and oxygen atoms in total. The Balaban J connectivity index is 1.21. The van der Waals surface area contributed by atoms with Gasteiger partial charge in [0.25, 0.3) is 0 Å². The minimum Gasteiger partial charge on any atom is -0.488 e. The number of fused-ring (bicyclic) bond motifs is 1. The van der Waals surface area contributed by atoms with Crippen molar-refractivity contribution < 1.29 is 9.47 Å². The summed E-state index contributed by atoms with van der Waals surface area (Å²) < 4.78 is 14.8. The summed E-state index contributed by atoms with van der Waals surface area (Å²) in [5, 5.41) is 6.14. The number of anilines is 1. The van der Waals surface area contributed by atoms with E-state index in [2.05, 4.69) is 68.6 Å². The Morgan fingerprint density at radius 2 is 1.77 bits per heavy atom. The topological polar surface area (TPSA) is 52.4 Å². The van der Waals surface area contributed by atoms with E-state index < -0.39 is 0 Å². The van der Waals surface area contributed by atoms with Crippen molar-refractivity contribution >= 4 is 45.1 Å². The van der Waals surface area contributed by atoms with Gasteiger partial charge in [0.15, 0.2) is 0 Å². The zero-order chi connectivity index (χ0) is 23.8. The Bertz CT molecular complexity index is 1180. The van der Waals surface area contributed by atoms with Gasteiger partial charge in [-0.1, -0.05) is 19.3 Å². The minimum absolute atomic E-state index is 0.00546. The lowest BCUT2D eigenvalue weighted by molar-refractivity contribution is -0.0395. The van der Waals surface area contributed by atoms with E-state index >= 15 is 0 Å². The van der Waals surface area contributed by atoms with E-state index in [1.165, 1.54) is 32.1 Å². The molecule has 3 fully saturated rings. The van der Waals surface area contributed by atoms with Gasteiger partial charge in [-0.25, -0.2) is 9.44 Å². The first-order chi connectivity index (χ1) is 17.1. The van der Waals surface area contributed by atoms with E-state index in [0.717, 1.165) is 72.5 Å². The van der Waals surface area contributed by atoms with E-state index in [9.17, 15) is 0 Å². The first-order valence-electron chi connectivity index (χ1n) is 13.1. The van der Waals surface area contributed by atoms with Gasteiger partial charge in [0.05, 0.1) is 24.1 Å². The van der Waals surface area contributed by atoms with E-state index in [4.69, 9.17) is 19.6 Å². The van der Waals surface area contributed by atoms with Crippen LogP contribution in [0, 0.1) is 0 Å². The maximum Gasteiger partial charge on any atom is 0.129 e. The SMILES string of the molecule is CC1(Oc2ccc3c(c2)c(-c2ccnc(N4CCC(OC5CCCCC5)CC4)c2)nn3PI)CC1. The van der Waals surface area contributed by atoms with Crippen molar-refractivity contribution in [2.45, 2.75) is 82.5 Å². The lowest BCUT2D eigenvalue weighted by atomic mass is 9.97. The van der Waals surface area contributed by atoms with Gasteiger partial charge < -0.3 is 14.4 Å². The monoisotopic (exact) mass is 604 g/mol. The number of aromatic nitrogens is 3. The molecule has 1 atom stereocenters. The van der Waals surface area contributed by atoms with Crippen molar-refractivity contribution in [3.05, 3.63) is 36.5 Å². The molecule has 2 aliphatic carbocycles. The lowest BCUT2D eigenvalue weighted by Gasteiger charge is -2.35. The summed E-state index contributed by atoms with van der Waals surface area (Å²) in [4.78, 5) is 7.15. The maximum absolute atomic E-state index is 6.45. The van der Waals surface area contributed by atoms with Crippen molar-refractivity contribution in [2.24, 2.45) is 0 Å². The van der Waals surface area contributed by atoms with Gasteiger partial charge in [-0.05, 0) is 97.8 Å². The predicted octanol–water partition coefficient (Wildman–Crippen LogP) is 7.14. The number of hydrogen-bond acceptors (Lipinski definition) is 5. The highest BCUT2D eigenvalue weighted by atomic mass is 127. The van der Waals surface area contributed by atoms with Crippen LogP contribution in [-0.2, 0) is 4.74 Å². The molecule has 2 aromatic heterocycles. The Labute approximate surface area is 222 Å². The number of hydrogen-bond donors (Lipinski definition) is 0. The third-order valence-corrected chi connectivity index (χ3v) is 9.64. The van der Waals surface area contributed by atoms with Gasteiger partial charge in [0.2, 0.25) is 0 Å². The molecular formula is C27H34IN4O2P. The maximum atomic E-state index is 6.45. The summed E-state index contributed by atoms with van der Waals surface area (Å²) in [6, 6.07) is 10.7. The van der Waals surface area contributed by atoms with Crippen LogP contribution in [0.4, 0.5) is 5.82 Å². The van der Waals surface area contributed by atoms with Gasteiger partial charge in [-0.15, -0.1) is 0 Å². The molecule has 186 valence electrons. The molecule has 3 aliphatic rings. The molecule has 35 heavy (non-hydrogen) atoms. The molecule has 1 aromatic carbocycles. The largest absolute Gasteiger partial charge is 0.488 e. The van der Waals surface area contributed by atoms with Crippen LogP contribution in [0.1, 0.15) is 64.7 Å². The molecule has 0 spiro atoms. The quantitative estimate of drug-likeness (QED) is 0.212. The normalized spacial score (nSPS) is 21.3. The highest BCUT2D eigenvalue weighted by Gasteiger charge is 2.40. The van der Waals surface area contributed by atoms with Crippen LogP contribution < -0.4 is 9.64 Å². The Morgan fingerprint density at radius 3 is 2.51 bits per heavy atom. The number of benzene rings is 1. The van der Waals surface area contributed by atoms with Crippen LogP contribution in [0.25, 0.3) is 22.2 Å². The third-order valence-electron chi connectivity index (χ3n) is 7.77. The molecule has 0 amide bonds. The molecule has 1 aliphatic heterocycles. The molecule has 6 rings (SSSR count). The fourth-order valence-electron chi connectivity index (χ4n) is 5.43. The van der Waals surface area contributed by atoms with E-state index in [1.54, 1.807) is 0 Å². The highest BCUT2D eigenvalue weighted by Crippen LogP contribution is 2.42. The van der Waals surface area contributed by atoms with Crippen molar-refractivity contribution in [1.29, 1.82) is 0 Å². The fourth-order valence-corrected chi connectivity index (χ4v) is 6.96. The number of pyridine rings is 1. The van der Waals surface area contributed by atoms with Crippen LogP contribution >= 0.6 is 28.4 Å². The summed E-state index contributed by atoms with van der Waals surface area (Å²) in [7, 11) is 0. The van der Waals surface area contributed by atoms with Crippen molar-refractivity contribution in [2.75, 3.05) is 18.0 Å². The van der Waals surface area contributed by atoms with Gasteiger partial charge in [-0.2, -0.15) is 5.10 Å². The first kappa shape index (κ1) is 23.9. The molecule has 0 N–H and O–H groups in total. The smallest absolute Gasteiger partial charge is 0.129 e. The second kappa shape index (κ2) is 10.1. The summed E-state index contributed by atoms with van der Waals surface area (Å²) in [6.07, 6.45) is 14.3. The molecule has 1 unspecified atom stereocenters. The molecule has 0 bridgehead atoms. The molecule has 0 radical (unpaired) electrons. The Kier molecular flexibility index (Phi) is 6.93. The number of rotatable bonds is 7. The van der Waals surface area contributed by atoms with Crippen LogP contribution in [0.2, 0.25) is 0 Å². The van der Waals surface area contributed by atoms with E-state index in [1.807, 2.05) is 6.20 Å². The van der Waals surface area contributed by atoms with E-state index in [0.29, 0.717) is 18.6 Å². The minimum atomic E-state index is 0.00546. The average Bonchev–Trinajstić information content (AvgIpc) is 3.50. The van der Waals surface area contributed by atoms with Crippen LogP contribution in [0.15, 0.2) is 36.5 Å². The molecule has 3 aromatic rings. The van der Waals surface area contributed by atoms with Crippen LogP contribution in [0.5, 0.6) is 5.75 Å². The number of piperidine rings is 1. The summed E-state index contributed by atoms with van der Waals surface area (Å²) in [6.45, 7) is 4.18. The van der Waals surface area contributed by atoms with Crippen molar-refractivity contribution in [1.82, 2.24) is 14.5 Å². The van der Waals surface area contributed by atoms with Gasteiger partial charge in [0, 0.05) is 30.2 Å². The van der Waals surface area contributed by atoms with Gasteiger partial charge >= 0.3 is 0 Å². The lowest BCUT2D eigenvalue weighted by Crippen LogP contribution is -2.39. The fraction of sp³-hybridized carbons (Fsp3) is 0.556. The molecule has 2 saturated carbocycles. The number of halogens is 1. The van der Waals surface area contributed by atoms with E-state index in [-0.39, 0.29) is 5.60 Å². The molecule has 3 heterocycles. The molecular weight excluding hydrogens is 570 g/mol. The van der Waals surface area contributed by atoms with Crippen molar-refractivity contribution in [3.63, 3.8) is 0 Å². The summed E-state index contributed by atoms with van der Waals surface area (Å²) in [5.41, 5.74) is 3.28. The molecule has 8 heteroatoms. The first-order valence-corrected chi connectivity index (χ1v) is 17.1. The van der Waals surface area contributed by atoms with Gasteiger partial charge in [-0.3, -0.25) is 0 Å². The number of ether oxygens (including phenoxy) is 2. The van der Waals surface area contributed by atoms with Gasteiger partial charge in [0.1, 0.15) is 22.9 Å². The van der Waals surface area contributed by atoms with Crippen LogP contribution in [0.3, 0.4) is 0 Å².